The van der Waals surface area contributed by atoms with Gasteiger partial charge in [0, 0.05) is 44.0 Å². The summed E-state index contributed by atoms with van der Waals surface area (Å²) in [5.41, 5.74) is 2.70. The first-order chi connectivity index (χ1) is 15.5. The molecular weight excluding hydrogens is 422 g/mol. The lowest BCUT2D eigenvalue weighted by Gasteiger charge is -2.32. The topological polar surface area (TPSA) is 86.4 Å². The Bertz CT molecular complexity index is 1040. The van der Waals surface area contributed by atoms with Gasteiger partial charge in [-0.05, 0) is 42.7 Å². The summed E-state index contributed by atoms with van der Waals surface area (Å²) in [6, 6.07) is 17.9. The molecule has 166 valence electrons. The summed E-state index contributed by atoms with van der Waals surface area (Å²) < 4.78 is 0. The maximum atomic E-state index is 12.6. The van der Waals surface area contributed by atoms with E-state index >= 15 is 0 Å². The van der Waals surface area contributed by atoms with Crippen LogP contribution in [0.15, 0.2) is 60.8 Å². The van der Waals surface area contributed by atoms with Gasteiger partial charge in [-0.1, -0.05) is 41.7 Å². The lowest BCUT2D eigenvalue weighted by Crippen LogP contribution is -2.38. The number of piperidine rings is 1. The number of carbonyl (C=O) groups excluding carboxylic acids is 2. The van der Waals surface area contributed by atoms with Crippen LogP contribution in [0.5, 0.6) is 0 Å². The first-order valence-corrected chi connectivity index (χ1v) is 11.5. The number of likely N-dealkylation sites (tertiary alicyclic amines) is 1. The lowest BCUT2D eigenvalue weighted by atomic mass is 10.0. The summed E-state index contributed by atoms with van der Waals surface area (Å²) in [5.74, 6) is -0.325. The Kier molecular flexibility index (Phi) is 7.14. The van der Waals surface area contributed by atoms with Crippen LogP contribution in [0.3, 0.4) is 0 Å². The van der Waals surface area contributed by atoms with Crippen LogP contribution in [0.1, 0.15) is 35.0 Å². The molecule has 2 aromatic carbocycles. The van der Waals surface area contributed by atoms with Crippen molar-refractivity contribution in [3.8, 4) is 0 Å². The number of nitrogens with one attached hydrogen (secondary N) is 3. The summed E-state index contributed by atoms with van der Waals surface area (Å²) >= 11 is 1.36. The molecule has 2 heterocycles. The van der Waals surface area contributed by atoms with Crippen molar-refractivity contribution in [2.75, 3.05) is 29.0 Å². The fourth-order valence-corrected chi connectivity index (χ4v) is 4.52. The molecule has 1 aliphatic heterocycles. The van der Waals surface area contributed by atoms with Crippen molar-refractivity contribution in [1.82, 2.24) is 9.88 Å². The van der Waals surface area contributed by atoms with Crippen molar-refractivity contribution in [2.24, 2.45) is 0 Å². The number of amides is 2. The average Bonchev–Trinajstić information content (AvgIpc) is 3.26. The number of carbonyl (C=O) groups is 2. The molecule has 2 amide bonds. The third-order valence-corrected chi connectivity index (χ3v) is 6.28. The van der Waals surface area contributed by atoms with E-state index in [4.69, 9.17) is 0 Å². The van der Waals surface area contributed by atoms with Crippen molar-refractivity contribution in [3.63, 3.8) is 0 Å². The van der Waals surface area contributed by atoms with Gasteiger partial charge in [-0.2, -0.15) is 0 Å². The highest BCUT2D eigenvalue weighted by Gasteiger charge is 2.20. The molecule has 0 unspecified atom stereocenters. The zero-order chi connectivity index (χ0) is 22.3. The molecule has 3 aromatic rings. The minimum Gasteiger partial charge on any atom is -0.359 e. The zero-order valence-electron chi connectivity index (χ0n) is 18.0. The van der Waals surface area contributed by atoms with Crippen LogP contribution in [0, 0.1) is 0 Å². The van der Waals surface area contributed by atoms with Gasteiger partial charge in [0.05, 0.1) is 6.20 Å². The molecule has 1 aliphatic rings. The second-order valence-corrected chi connectivity index (χ2v) is 8.95. The third-order valence-electron chi connectivity index (χ3n) is 5.36. The Morgan fingerprint density at radius 3 is 2.31 bits per heavy atom. The number of aromatic nitrogens is 1. The van der Waals surface area contributed by atoms with Crippen LogP contribution in [0.25, 0.3) is 0 Å². The van der Waals surface area contributed by atoms with E-state index in [0.717, 1.165) is 37.6 Å². The molecule has 7 nitrogen and oxygen atoms in total. The SMILES string of the molecule is CC(=O)Nc1ccc(NC(=O)c2cnc(NC3CCN(Cc4ccccc4)CC3)s2)cc1. The van der Waals surface area contributed by atoms with E-state index < -0.39 is 0 Å². The number of nitrogens with zero attached hydrogens (tertiary/aromatic N) is 2. The Balaban J connectivity index is 1.25. The Morgan fingerprint density at radius 2 is 1.66 bits per heavy atom. The van der Waals surface area contributed by atoms with Crippen LogP contribution in [-0.4, -0.2) is 40.8 Å². The van der Waals surface area contributed by atoms with Gasteiger partial charge < -0.3 is 16.0 Å². The van der Waals surface area contributed by atoms with Gasteiger partial charge in [0.1, 0.15) is 4.88 Å². The number of thiazole rings is 1. The molecule has 32 heavy (non-hydrogen) atoms. The molecule has 0 saturated carbocycles. The lowest BCUT2D eigenvalue weighted by molar-refractivity contribution is -0.114. The normalized spacial score (nSPS) is 14.7. The fraction of sp³-hybridized carbons (Fsp3) is 0.292. The molecule has 1 saturated heterocycles. The van der Waals surface area contributed by atoms with Crippen LogP contribution in [0.2, 0.25) is 0 Å². The number of hydrogen-bond donors (Lipinski definition) is 3. The summed E-state index contributed by atoms with van der Waals surface area (Å²) in [7, 11) is 0. The fourth-order valence-electron chi connectivity index (χ4n) is 3.73. The van der Waals surface area contributed by atoms with Gasteiger partial charge in [0.25, 0.3) is 5.91 Å². The maximum Gasteiger partial charge on any atom is 0.267 e. The molecule has 0 atom stereocenters. The predicted molar refractivity (Wildman–Crippen MR) is 129 cm³/mol. The number of benzene rings is 2. The van der Waals surface area contributed by atoms with Gasteiger partial charge in [-0.25, -0.2) is 4.98 Å². The quantitative estimate of drug-likeness (QED) is 0.497. The van der Waals surface area contributed by atoms with Crippen LogP contribution in [-0.2, 0) is 11.3 Å². The van der Waals surface area contributed by atoms with E-state index in [1.165, 1.54) is 23.8 Å². The number of hydrogen-bond acceptors (Lipinski definition) is 6. The number of rotatable bonds is 7. The van der Waals surface area contributed by atoms with Gasteiger partial charge in [0.15, 0.2) is 5.13 Å². The molecule has 0 bridgehead atoms. The highest BCUT2D eigenvalue weighted by Crippen LogP contribution is 2.24. The molecular formula is C24H27N5O2S. The van der Waals surface area contributed by atoms with E-state index in [0.29, 0.717) is 22.3 Å². The van der Waals surface area contributed by atoms with Gasteiger partial charge >= 0.3 is 0 Å². The summed E-state index contributed by atoms with van der Waals surface area (Å²) in [6.45, 7) is 4.53. The largest absolute Gasteiger partial charge is 0.359 e. The van der Waals surface area contributed by atoms with Crippen molar-refractivity contribution in [3.05, 3.63) is 71.2 Å². The van der Waals surface area contributed by atoms with Crippen molar-refractivity contribution >= 4 is 39.7 Å². The second-order valence-electron chi connectivity index (χ2n) is 7.92. The first-order valence-electron chi connectivity index (χ1n) is 10.7. The van der Waals surface area contributed by atoms with Crippen LogP contribution >= 0.6 is 11.3 Å². The molecule has 0 spiro atoms. The molecule has 0 radical (unpaired) electrons. The van der Waals surface area contributed by atoms with Crippen LogP contribution in [0.4, 0.5) is 16.5 Å². The first kappa shape index (κ1) is 22.0. The Labute approximate surface area is 191 Å². The minimum atomic E-state index is -0.194. The van der Waals surface area contributed by atoms with Crippen LogP contribution < -0.4 is 16.0 Å². The second kappa shape index (κ2) is 10.4. The average molecular weight is 450 g/mol. The van der Waals surface area contributed by atoms with Gasteiger partial charge in [0.2, 0.25) is 5.91 Å². The monoisotopic (exact) mass is 449 g/mol. The Hall–Kier alpha value is -3.23. The highest BCUT2D eigenvalue weighted by molar-refractivity contribution is 7.17. The van der Waals surface area contributed by atoms with Crippen molar-refractivity contribution < 1.29 is 9.59 Å². The van der Waals surface area contributed by atoms with Gasteiger partial charge in [-0.3, -0.25) is 14.5 Å². The minimum absolute atomic E-state index is 0.131. The van der Waals surface area contributed by atoms with Crippen molar-refractivity contribution in [2.45, 2.75) is 32.4 Å². The van der Waals surface area contributed by atoms with E-state index in [-0.39, 0.29) is 11.8 Å². The smallest absolute Gasteiger partial charge is 0.267 e. The molecule has 4 rings (SSSR count). The highest BCUT2D eigenvalue weighted by atomic mass is 32.1. The molecule has 0 aliphatic carbocycles. The summed E-state index contributed by atoms with van der Waals surface area (Å²) in [4.78, 5) is 31.1. The molecule has 3 N–H and O–H groups in total. The van der Waals surface area contributed by atoms with E-state index in [1.807, 2.05) is 6.07 Å². The van der Waals surface area contributed by atoms with Gasteiger partial charge in [-0.15, -0.1) is 0 Å². The number of anilines is 3. The predicted octanol–water partition coefficient (Wildman–Crippen LogP) is 4.43. The third kappa shape index (κ3) is 6.15. The standard InChI is InChI=1S/C24H27N5O2S/c1-17(30)26-19-7-9-20(10-8-19)27-23(31)22-15-25-24(32-22)28-21-11-13-29(14-12-21)16-18-5-3-2-4-6-18/h2-10,15,21H,11-14,16H2,1H3,(H,25,28)(H,26,30)(H,27,31). The molecule has 8 heteroatoms. The summed E-state index contributed by atoms with van der Waals surface area (Å²) in [6.07, 6.45) is 3.71. The zero-order valence-corrected chi connectivity index (χ0v) is 18.8. The maximum absolute atomic E-state index is 12.6. The van der Waals surface area contributed by atoms with E-state index in [1.54, 1.807) is 30.5 Å². The van der Waals surface area contributed by atoms with E-state index in [2.05, 4.69) is 50.1 Å². The Morgan fingerprint density at radius 1 is 1.00 bits per heavy atom. The van der Waals surface area contributed by atoms with Crippen molar-refractivity contribution in [1.29, 1.82) is 0 Å². The summed E-state index contributed by atoms with van der Waals surface area (Å²) in [5, 5.41) is 9.84. The molecule has 1 fully saturated rings. The molecule has 1 aromatic heterocycles. The van der Waals surface area contributed by atoms with E-state index in [9.17, 15) is 9.59 Å².